The molecule has 2 aromatic carbocycles. The van der Waals surface area contributed by atoms with E-state index >= 15 is 0 Å². The highest BCUT2D eigenvalue weighted by molar-refractivity contribution is 5.97. The summed E-state index contributed by atoms with van der Waals surface area (Å²) in [6.07, 6.45) is 0. The third-order valence-corrected chi connectivity index (χ3v) is 5.09. The molecule has 3 rings (SSSR count). The first-order valence-electron chi connectivity index (χ1n) is 9.52. The zero-order valence-corrected chi connectivity index (χ0v) is 17.5. The molecule has 0 radical (unpaired) electrons. The molecule has 0 aromatic heterocycles. The first-order chi connectivity index (χ1) is 14.9. The molecular formula is C21H23N3O7. The topological polar surface area (TPSA) is 111 Å². The quantitative estimate of drug-likeness (QED) is 0.511. The standard InChI is InChI=1S/C21H23N3O7/c1-29-17-12-15(13-18(30-2)19(17)31-3)21(26)23-10-8-22(9-11-23)20(25)14-4-6-16(7-5-14)24(27)28/h4-7,12-13H,8-11H2,1-3H3. The van der Waals surface area contributed by atoms with E-state index in [1.165, 1.54) is 45.6 Å². The average molecular weight is 429 g/mol. The number of methoxy groups -OCH3 is 3. The molecule has 31 heavy (non-hydrogen) atoms. The van der Waals surface area contributed by atoms with Crippen LogP contribution in [0.2, 0.25) is 0 Å². The van der Waals surface area contributed by atoms with E-state index in [0.29, 0.717) is 54.6 Å². The Morgan fingerprint density at radius 1 is 0.806 bits per heavy atom. The van der Waals surface area contributed by atoms with Crippen LogP contribution in [0, 0.1) is 10.1 Å². The second-order valence-electron chi connectivity index (χ2n) is 6.80. The Balaban J connectivity index is 1.68. The van der Waals surface area contributed by atoms with Crippen LogP contribution < -0.4 is 14.2 Å². The van der Waals surface area contributed by atoms with Crippen molar-refractivity contribution in [3.63, 3.8) is 0 Å². The Bertz CT molecular complexity index is 958. The number of ether oxygens (including phenoxy) is 3. The normalized spacial score (nSPS) is 13.5. The van der Waals surface area contributed by atoms with Gasteiger partial charge in [-0.25, -0.2) is 0 Å². The van der Waals surface area contributed by atoms with Gasteiger partial charge in [0.1, 0.15) is 0 Å². The summed E-state index contributed by atoms with van der Waals surface area (Å²) < 4.78 is 15.9. The molecule has 2 amide bonds. The molecular weight excluding hydrogens is 406 g/mol. The molecule has 2 aromatic rings. The molecule has 164 valence electrons. The molecule has 1 aliphatic rings. The van der Waals surface area contributed by atoms with E-state index in [1.54, 1.807) is 21.9 Å². The van der Waals surface area contributed by atoms with Crippen molar-refractivity contribution in [1.82, 2.24) is 9.80 Å². The van der Waals surface area contributed by atoms with Gasteiger partial charge in [-0.1, -0.05) is 0 Å². The van der Waals surface area contributed by atoms with Gasteiger partial charge in [0.25, 0.3) is 17.5 Å². The summed E-state index contributed by atoms with van der Waals surface area (Å²) in [5.41, 5.74) is 0.692. The molecule has 0 saturated carbocycles. The lowest BCUT2D eigenvalue weighted by Gasteiger charge is -2.35. The van der Waals surface area contributed by atoms with Crippen LogP contribution >= 0.6 is 0 Å². The van der Waals surface area contributed by atoms with Crippen LogP contribution in [0.3, 0.4) is 0 Å². The van der Waals surface area contributed by atoms with E-state index in [0.717, 1.165) is 0 Å². The summed E-state index contributed by atoms with van der Waals surface area (Å²) in [7, 11) is 4.45. The van der Waals surface area contributed by atoms with Crippen molar-refractivity contribution in [3.8, 4) is 17.2 Å². The SMILES string of the molecule is COc1cc(C(=O)N2CCN(C(=O)c3ccc([N+](=O)[O-])cc3)CC2)cc(OC)c1OC. The summed E-state index contributed by atoms with van der Waals surface area (Å²) in [6, 6.07) is 8.67. The lowest BCUT2D eigenvalue weighted by Crippen LogP contribution is -2.50. The second-order valence-corrected chi connectivity index (χ2v) is 6.80. The van der Waals surface area contributed by atoms with Gasteiger partial charge in [-0.2, -0.15) is 0 Å². The Morgan fingerprint density at radius 3 is 1.65 bits per heavy atom. The lowest BCUT2D eigenvalue weighted by molar-refractivity contribution is -0.384. The van der Waals surface area contributed by atoms with Crippen molar-refractivity contribution >= 4 is 17.5 Å². The fourth-order valence-electron chi connectivity index (χ4n) is 3.41. The summed E-state index contributed by atoms with van der Waals surface area (Å²) in [5.74, 6) is 0.742. The molecule has 0 atom stereocenters. The highest BCUT2D eigenvalue weighted by Crippen LogP contribution is 2.38. The van der Waals surface area contributed by atoms with Gasteiger partial charge < -0.3 is 24.0 Å². The predicted molar refractivity (Wildman–Crippen MR) is 111 cm³/mol. The zero-order chi connectivity index (χ0) is 22.5. The molecule has 10 nitrogen and oxygen atoms in total. The van der Waals surface area contributed by atoms with Gasteiger partial charge in [0, 0.05) is 49.4 Å². The first-order valence-corrected chi connectivity index (χ1v) is 9.52. The molecule has 0 spiro atoms. The van der Waals surface area contributed by atoms with Gasteiger partial charge >= 0.3 is 0 Å². The lowest BCUT2D eigenvalue weighted by atomic mass is 10.1. The smallest absolute Gasteiger partial charge is 0.269 e. The van der Waals surface area contributed by atoms with Crippen LogP contribution in [0.4, 0.5) is 5.69 Å². The number of nitro benzene ring substituents is 1. The summed E-state index contributed by atoms with van der Waals surface area (Å²) in [5, 5.41) is 10.8. The van der Waals surface area contributed by atoms with Crippen LogP contribution in [-0.2, 0) is 0 Å². The van der Waals surface area contributed by atoms with E-state index in [2.05, 4.69) is 0 Å². The third-order valence-electron chi connectivity index (χ3n) is 5.09. The van der Waals surface area contributed by atoms with E-state index in [4.69, 9.17) is 14.2 Å². The Kier molecular flexibility index (Phi) is 6.58. The number of nitrogens with zero attached hydrogens (tertiary/aromatic N) is 3. The molecule has 10 heteroatoms. The summed E-state index contributed by atoms with van der Waals surface area (Å²) in [6.45, 7) is 1.42. The molecule has 1 saturated heterocycles. The third kappa shape index (κ3) is 4.52. The average Bonchev–Trinajstić information content (AvgIpc) is 2.82. The number of non-ortho nitro benzene ring substituents is 1. The van der Waals surface area contributed by atoms with Crippen molar-refractivity contribution in [2.45, 2.75) is 0 Å². The van der Waals surface area contributed by atoms with Crippen molar-refractivity contribution in [2.24, 2.45) is 0 Å². The first kappa shape index (κ1) is 21.9. The fourth-order valence-corrected chi connectivity index (χ4v) is 3.41. The fraction of sp³-hybridized carbons (Fsp3) is 0.333. The number of amides is 2. The number of rotatable bonds is 6. The van der Waals surface area contributed by atoms with Gasteiger partial charge in [-0.15, -0.1) is 0 Å². The Morgan fingerprint density at radius 2 is 1.26 bits per heavy atom. The predicted octanol–water partition coefficient (Wildman–Crippen LogP) is 2.22. The molecule has 0 aliphatic carbocycles. The minimum absolute atomic E-state index is 0.0719. The van der Waals surface area contributed by atoms with Gasteiger partial charge in [-0.3, -0.25) is 19.7 Å². The number of hydrogen-bond acceptors (Lipinski definition) is 7. The number of benzene rings is 2. The van der Waals surface area contributed by atoms with Gasteiger partial charge in [-0.05, 0) is 24.3 Å². The van der Waals surface area contributed by atoms with Crippen LogP contribution in [0.1, 0.15) is 20.7 Å². The molecule has 0 unspecified atom stereocenters. The largest absolute Gasteiger partial charge is 0.493 e. The van der Waals surface area contributed by atoms with Crippen LogP contribution in [0.25, 0.3) is 0 Å². The van der Waals surface area contributed by atoms with E-state index in [9.17, 15) is 19.7 Å². The summed E-state index contributed by atoms with van der Waals surface area (Å²) in [4.78, 5) is 39.2. The van der Waals surface area contributed by atoms with Crippen molar-refractivity contribution in [2.75, 3.05) is 47.5 Å². The Hall–Kier alpha value is -3.82. The number of piperazine rings is 1. The zero-order valence-electron chi connectivity index (χ0n) is 17.5. The monoisotopic (exact) mass is 429 g/mol. The maximum atomic E-state index is 13.0. The molecule has 0 N–H and O–H groups in total. The van der Waals surface area contributed by atoms with Gasteiger partial charge in [0.15, 0.2) is 11.5 Å². The molecule has 1 heterocycles. The van der Waals surface area contributed by atoms with E-state index in [-0.39, 0.29) is 17.5 Å². The Labute approximate surface area is 179 Å². The minimum atomic E-state index is -0.512. The number of carbonyl (C=O) groups is 2. The highest BCUT2D eigenvalue weighted by Gasteiger charge is 2.27. The van der Waals surface area contributed by atoms with Crippen LogP contribution in [0.5, 0.6) is 17.2 Å². The second kappa shape index (κ2) is 9.33. The van der Waals surface area contributed by atoms with Crippen molar-refractivity contribution in [3.05, 3.63) is 57.6 Å². The molecule has 1 fully saturated rings. The minimum Gasteiger partial charge on any atom is -0.493 e. The number of hydrogen-bond donors (Lipinski definition) is 0. The molecule has 1 aliphatic heterocycles. The van der Waals surface area contributed by atoms with Gasteiger partial charge in [0.05, 0.1) is 26.3 Å². The highest BCUT2D eigenvalue weighted by atomic mass is 16.6. The van der Waals surface area contributed by atoms with Crippen LogP contribution in [0.15, 0.2) is 36.4 Å². The molecule has 0 bridgehead atoms. The van der Waals surface area contributed by atoms with E-state index < -0.39 is 4.92 Å². The van der Waals surface area contributed by atoms with E-state index in [1.807, 2.05) is 0 Å². The number of nitro groups is 1. The van der Waals surface area contributed by atoms with Crippen LogP contribution in [-0.4, -0.2) is 74.0 Å². The maximum Gasteiger partial charge on any atom is 0.269 e. The maximum absolute atomic E-state index is 13.0. The van der Waals surface area contributed by atoms with Gasteiger partial charge in [0.2, 0.25) is 5.75 Å². The number of carbonyl (C=O) groups excluding carboxylic acids is 2. The van der Waals surface area contributed by atoms with Crippen molar-refractivity contribution in [1.29, 1.82) is 0 Å². The summed E-state index contributed by atoms with van der Waals surface area (Å²) >= 11 is 0. The van der Waals surface area contributed by atoms with Crippen molar-refractivity contribution < 1.29 is 28.7 Å².